The van der Waals surface area contributed by atoms with E-state index in [-0.39, 0.29) is 21.8 Å². The van der Waals surface area contributed by atoms with Gasteiger partial charge in [-0.25, -0.2) is 18.6 Å². The first kappa shape index (κ1) is 14.1. The number of hydrogen-bond acceptors (Lipinski definition) is 4. The van der Waals surface area contributed by atoms with E-state index in [9.17, 15) is 13.6 Å². The van der Waals surface area contributed by atoms with Crippen LogP contribution in [0.25, 0.3) is 0 Å². The van der Waals surface area contributed by atoms with E-state index in [0.717, 1.165) is 6.07 Å². The summed E-state index contributed by atoms with van der Waals surface area (Å²) in [6.45, 7) is 1.71. The Morgan fingerprint density at radius 2 is 2.24 bits per heavy atom. The molecule has 1 aromatic heterocycles. The molecule has 0 radical (unpaired) electrons. The van der Waals surface area contributed by atoms with Crippen LogP contribution in [0, 0.1) is 3.70 Å². The minimum absolute atomic E-state index is 0.0278. The highest BCUT2D eigenvalue weighted by Gasteiger charge is 2.24. The number of carbonyl (C=O) groups excluding carboxylic acids is 1. The second kappa shape index (κ2) is 6.08. The van der Waals surface area contributed by atoms with Crippen molar-refractivity contribution in [3.05, 3.63) is 20.9 Å². The summed E-state index contributed by atoms with van der Waals surface area (Å²) in [5, 5.41) is 0. The van der Waals surface area contributed by atoms with E-state index in [1.54, 1.807) is 29.5 Å². The predicted octanol–water partition coefficient (Wildman–Crippen LogP) is 2.81. The minimum Gasteiger partial charge on any atom is -0.481 e. The van der Waals surface area contributed by atoms with Crippen LogP contribution in [0.1, 0.15) is 29.3 Å². The van der Waals surface area contributed by atoms with Crippen LogP contribution in [0.4, 0.5) is 8.78 Å². The molecule has 0 bridgehead atoms. The fourth-order valence-corrected chi connectivity index (χ4v) is 1.96. The van der Waals surface area contributed by atoms with Crippen molar-refractivity contribution < 1.29 is 23.0 Å². The summed E-state index contributed by atoms with van der Waals surface area (Å²) in [5.41, 5.74) is -0.636. The van der Waals surface area contributed by atoms with Gasteiger partial charge in [0.2, 0.25) is 5.88 Å². The summed E-state index contributed by atoms with van der Waals surface area (Å²) < 4.78 is 35.2. The van der Waals surface area contributed by atoms with Crippen LogP contribution < -0.4 is 4.74 Å². The van der Waals surface area contributed by atoms with Crippen molar-refractivity contribution >= 4 is 28.6 Å². The SMILES string of the molecule is CCOC(=O)c1cc(OC)nc(I)c1C(F)F. The number of alkyl halides is 2. The third-order valence-corrected chi connectivity index (χ3v) is 2.73. The van der Waals surface area contributed by atoms with Gasteiger partial charge in [-0.3, -0.25) is 0 Å². The molecule has 7 heteroatoms. The highest BCUT2D eigenvalue weighted by molar-refractivity contribution is 14.1. The van der Waals surface area contributed by atoms with E-state index in [0.29, 0.717) is 0 Å². The van der Waals surface area contributed by atoms with Gasteiger partial charge in [0.25, 0.3) is 6.43 Å². The van der Waals surface area contributed by atoms with Gasteiger partial charge in [0, 0.05) is 6.07 Å². The number of ether oxygens (including phenoxy) is 2. The number of methoxy groups -OCH3 is 1. The first-order valence-corrected chi connectivity index (χ1v) is 5.78. The van der Waals surface area contributed by atoms with Crippen molar-refractivity contribution in [3.63, 3.8) is 0 Å². The lowest BCUT2D eigenvalue weighted by Crippen LogP contribution is -2.11. The predicted molar refractivity (Wildman–Crippen MR) is 64.4 cm³/mol. The van der Waals surface area contributed by atoms with Crippen LogP contribution >= 0.6 is 22.6 Å². The van der Waals surface area contributed by atoms with Gasteiger partial charge < -0.3 is 9.47 Å². The third-order valence-electron chi connectivity index (χ3n) is 1.91. The van der Waals surface area contributed by atoms with Gasteiger partial charge in [-0.1, -0.05) is 0 Å². The summed E-state index contributed by atoms with van der Waals surface area (Å²) in [4.78, 5) is 15.3. The molecule has 0 saturated carbocycles. The second-order valence-corrected chi connectivity index (χ2v) is 3.96. The summed E-state index contributed by atoms with van der Waals surface area (Å²) in [6.07, 6.45) is -2.79. The van der Waals surface area contributed by atoms with Gasteiger partial charge in [-0.2, -0.15) is 0 Å². The minimum atomic E-state index is -2.79. The zero-order chi connectivity index (χ0) is 13.0. The molecule has 0 aromatic carbocycles. The average Bonchev–Trinajstić information content (AvgIpc) is 2.27. The molecule has 4 nitrogen and oxygen atoms in total. The van der Waals surface area contributed by atoms with Gasteiger partial charge in [0.15, 0.2) is 0 Å². The summed E-state index contributed by atoms with van der Waals surface area (Å²) in [7, 11) is 1.34. The number of rotatable bonds is 4. The normalized spacial score (nSPS) is 10.5. The molecule has 0 spiro atoms. The zero-order valence-electron chi connectivity index (χ0n) is 9.17. The quantitative estimate of drug-likeness (QED) is 0.473. The Morgan fingerprint density at radius 3 is 2.71 bits per heavy atom. The van der Waals surface area contributed by atoms with E-state index >= 15 is 0 Å². The van der Waals surface area contributed by atoms with E-state index in [1.165, 1.54) is 7.11 Å². The molecule has 0 fully saturated rings. The number of halogens is 3. The molecule has 0 aliphatic heterocycles. The third kappa shape index (κ3) is 3.24. The van der Waals surface area contributed by atoms with Crippen molar-refractivity contribution in [2.75, 3.05) is 13.7 Å². The topological polar surface area (TPSA) is 48.4 Å². The maximum Gasteiger partial charge on any atom is 0.338 e. The van der Waals surface area contributed by atoms with Crippen LogP contribution in [0.15, 0.2) is 6.07 Å². The summed E-state index contributed by atoms with van der Waals surface area (Å²) >= 11 is 1.63. The van der Waals surface area contributed by atoms with Gasteiger partial charge in [0.05, 0.1) is 24.8 Å². The van der Waals surface area contributed by atoms with E-state index in [2.05, 4.69) is 4.98 Å². The zero-order valence-corrected chi connectivity index (χ0v) is 11.3. The molecule has 1 aromatic rings. The molecule has 17 heavy (non-hydrogen) atoms. The second-order valence-electron chi connectivity index (χ2n) is 2.94. The maximum absolute atomic E-state index is 12.8. The van der Waals surface area contributed by atoms with Crippen LogP contribution in [0.2, 0.25) is 0 Å². The summed E-state index contributed by atoms with van der Waals surface area (Å²) in [6, 6.07) is 1.15. The smallest absolute Gasteiger partial charge is 0.338 e. The van der Waals surface area contributed by atoms with E-state index < -0.39 is 18.0 Å². The molecule has 0 N–H and O–H groups in total. The number of esters is 1. The van der Waals surface area contributed by atoms with E-state index in [1.807, 2.05) is 0 Å². The van der Waals surface area contributed by atoms with E-state index in [4.69, 9.17) is 9.47 Å². The largest absolute Gasteiger partial charge is 0.481 e. The average molecular weight is 357 g/mol. The molecule has 0 unspecified atom stereocenters. The Balaban J connectivity index is 3.32. The Kier molecular flexibility index (Phi) is 5.03. The van der Waals surface area contributed by atoms with Gasteiger partial charge in [-0.15, -0.1) is 0 Å². The molecule has 0 aliphatic rings. The number of hydrogen-bond donors (Lipinski definition) is 0. The number of pyridine rings is 1. The standard InChI is InChI=1S/C10H10F2INO3/c1-3-17-10(15)5-4-6(16-2)14-9(13)7(5)8(11)12/h4,8H,3H2,1-2H3. The molecule has 0 atom stereocenters. The molecule has 0 saturated heterocycles. The fraction of sp³-hybridized carbons (Fsp3) is 0.400. The molecular formula is C10H10F2INO3. The molecule has 94 valence electrons. The summed E-state index contributed by atoms with van der Waals surface area (Å²) in [5.74, 6) is -0.705. The van der Waals surface area contributed by atoms with Crippen LogP contribution in [-0.2, 0) is 4.74 Å². The van der Waals surface area contributed by atoms with Crippen molar-refractivity contribution in [1.82, 2.24) is 4.98 Å². The van der Waals surface area contributed by atoms with Gasteiger partial charge >= 0.3 is 5.97 Å². The van der Waals surface area contributed by atoms with Crippen LogP contribution in [0.3, 0.4) is 0 Å². The van der Waals surface area contributed by atoms with Crippen LogP contribution in [-0.4, -0.2) is 24.7 Å². The lowest BCUT2D eigenvalue weighted by molar-refractivity contribution is 0.0514. The molecule has 0 aliphatic carbocycles. The first-order chi connectivity index (χ1) is 8.01. The Hall–Kier alpha value is -0.990. The monoisotopic (exact) mass is 357 g/mol. The number of carbonyl (C=O) groups is 1. The molecule has 1 rings (SSSR count). The molecule has 0 amide bonds. The fourth-order valence-electron chi connectivity index (χ4n) is 1.19. The Labute approximate surface area is 110 Å². The highest BCUT2D eigenvalue weighted by Crippen LogP contribution is 2.30. The van der Waals surface area contributed by atoms with Crippen molar-refractivity contribution in [1.29, 1.82) is 0 Å². The first-order valence-electron chi connectivity index (χ1n) is 4.71. The molecular weight excluding hydrogens is 347 g/mol. The lowest BCUT2D eigenvalue weighted by atomic mass is 10.1. The maximum atomic E-state index is 12.8. The Morgan fingerprint density at radius 1 is 1.59 bits per heavy atom. The van der Waals surface area contributed by atoms with Crippen LogP contribution in [0.5, 0.6) is 5.88 Å². The van der Waals surface area contributed by atoms with Gasteiger partial charge in [0.1, 0.15) is 3.70 Å². The lowest BCUT2D eigenvalue weighted by Gasteiger charge is -2.11. The highest BCUT2D eigenvalue weighted by atomic mass is 127. The number of nitrogens with zero attached hydrogens (tertiary/aromatic N) is 1. The Bertz CT molecular complexity index is 426. The molecule has 1 heterocycles. The number of aromatic nitrogens is 1. The van der Waals surface area contributed by atoms with Gasteiger partial charge in [-0.05, 0) is 29.5 Å². The van der Waals surface area contributed by atoms with Crippen molar-refractivity contribution in [3.8, 4) is 5.88 Å². The van der Waals surface area contributed by atoms with Crippen molar-refractivity contribution in [2.45, 2.75) is 13.3 Å². The van der Waals surface area contributed by atoms with Crippen molar-refractivity contribution in [2.24, 2.45) is 0 Å².